The lowest BCUT2D eigenvalue weighted by Gasteiger charge is -2.27. The molecule has 2 aliphatic heterocycles. The molecule has 5 nitrogen and oxygen atoms in total. The van der Waals surface area contributed by atoms with Crippen molar-refractivity contribution in [3.05, 3.63) is 29.6 Å². The number of carbonyl (C=O) groups excluding carboxylic acids is 1. The Hall–Kier alpha value is -1.50. The summed E-state index contributed by atoms with van der Waals surface area (Å²) in [5.74, 6) is -0.437. The van der Waals surface area contributed by atoms with Crippen LogP contribution in [0.4, 0.5) is 10.1 Å². The number of amides is 1. The van der Waals surface area contributed by atoms with Crippen molar-refractivity contribution in [3.8, 4) is 0 Å². The molecule has 6 heteroatoms. The summed E-state index contributed by atoms with van der Waals surface area (Å²) in [7, 11) is 0. The Labute approximate surface area is 117 Å². The molecule has 1 aromatic rings. The zero-order valence-corrected chi connectivity index (χ0v) is 11.2. The number of hydrogen-bond donors (Lipinski definition) is 2. The fraction of sp³-hybridized carbons (Fsp3) is 0.500. The fourth-order valence-electron chi connectivity index (χ4n) is 2.63. The molecule has 3 rings (SSSR count). The highest BCUT2D eigenvalue weighted by molar-refractivity contribution is 6.02. The number of nitrogens with one attached hydrogen (secondary N) is 2. The van der Waals surface area contributed by atoms with Gasteiger partial charge in [0.25, 0.3) is 0 Å². The highest BCUT2D eigenvalue weighted by Crippen LogP contribution is 2.30. The van der Waals surface area contributed by atoms with E-state index in [1.807, 2.05) is 0 Å². The van der Waals surface area contributed by atoms with Crippen LogP contribution in [0.25, 0.3) is 0 Å². The zero-order chi connectivity index (χ0) is 13.9. The standard InChI is InChI=1S/C14H18FN3O2/c15-10-1-2-12-11(9-10)13(14(19)17-12)16-3-4-18-5-7-20-8-6-18/h1-2,9,13,16H,3-8H2,(H,17,19). The Morgan fingerprint density at radius 1 is 1.40 bits per heavy atom. The quantitative estimate of drug-likeness (QED) is 0.853. The summed E-state index contributed by atoms with van der Waals surface area (Å²) in [5.41, 5.74) is 1.39. The second-order valence-electron chi connectivity index (χ2n) is 5.06. The van der Waals surface area contributed by atoms with E-state index in [4.69, 9.17) is 4.74 Å². The predicted octanol–water partition coefficient (Wildman–Crippen LogP) is 0.741. The van der Waals surface area contributed by atoms with Gasteiger partial charge in [0.15, 0.2) is 0 Å². The molecular weight excluding hydrogens is 261 g/mol. The van der Waals surface area contributed by atoms with E-state index in [9.17, 15) is 9.18 Å². The smallest absolute Gasteiger partial charge is 0.246 e. The Morgan fingerprint density at radius 2 is 2.20 bits per heavy atom. The third-order valence-corrected chi connectivity index (χ3v) is 3.72. The van der Waals surface area contributed by atoms with Gasteiger partial charge in [-0.25, -0.2) is 4.39 Å². The van der Waals surface area contributed by atoms with Crippen LogP contribution < -0.4 is 10.6 Å². The van der Waals surface area contributed by atoms with Gasteiger partial charge in [-0.3, -0.25) is 9.69 Å². The van der Waals surface area contributed by atoms with Crippen molar-refractivity contribution in [2.75, 3.05) is 44.7 Å². The summed E-state index contributed by atoms with van der Waals surface area (Å²) >= 11 is 0. The number of fused-ring (bicyclic) bond motifs is 1. The van der Waals surface area contributed by atoms with Crippen LogP contribution in [0.15, 0.2) is 18.2 Å². The van der Waals surface area contributed by atoms with Gasteiger partial charge in [0, 0.05) is 37.4 Å². The van der Waals surface area contributed by atoms with E-state index < -0.39 is 6.04 Å². The molecule has 0 saturated carbocycles. The van der Waals surface area contributed by atoms with Crippen molar-refractivity contribution in [1.82, 2.24) is 10.2 Å². The first-order valence-electron chi connectivity index (χ1n) is 6.88. The zero-order valence-electron chi connectivity index (χ0n) is 11.2. The van der Waals surface area contributed by atoms with Gasteiger partial charge in [-0.05, 0) is 18.2 Å². The van der Waals surface area contributed by atoms with Gasteiger partial charge in [-0.2, -0.15) is 0 Å². The van der Waals surface area contributed by atoms with E-state index in [-0.39, 0.29) is 11.7 Å². The van der Waals surface area contributed by atoms with Crippen LogP contribution in [0.3, 0.4) is 0 Å². The lowest BCUT2D eigenvalue weighted by atomic mass is 10.1. The van der Waals surface area contributed by atoms with E-state index in [1.54, 1.807) is 6.07 Å². The molecular formula is C14H18FN3O2. The van der Waals surface area contributed by atoms with Gasteiger partial charge < -0.3 is 15.4 Å². The number of benzene rings is 1. The van der Waals surface area contributed by atoms with Crippen LogP contribution in [-0.2, 0) is 9.53 Å². The van der Waals surface area contributed by atoms with Crippen molar-refractivity contribution >= 4 is 11.6 Å². The van der Waals surface area contributed by atoms with Crippen LogP contribution in [0.2, 0.25) is 0 Å². The third kappa shape index (κ3) is 2.82. The van der Waals surface area contributed by atoms with Gasteiger partial charge in [-0.1, -0.05) is 0 Å². The largest absolute Gasteiger partial charge is 0.379 e. The molecule has 1 fully saturated rings. The Kier molecular flexibility index (Phi) is 3.95. The lowest BCUT2D eigenvalue weighted by Crippen LogP contribution is -2.41. The van der Waals surface area contributed by atoms with Gasteiger partial charge in [-0.15, -0.1) is 0 Å². The Bertz CT molecular complexity index is 503. The monoisotopic (exact) mass is 279 g/mol. The highest BCUT2D eigenvalue weighted by atomic mass is 19.1. The average Bonchev–Trinajstić information content (AvgIpc) is 2.76. The molecule has 0 radical (unpaired) electrons. The van der Waals surface area contributed by atoms with Gasteiger partial charge in [0.05, 0.1) is 13.2 Å². The minimum atomic E-state index is -0.457. The molecule has 0 aromatic heterocycles. The third-order valence-electron chi connectivity index (χ3n) is 3.72. The van der Waals surface area contributed by atoms with Crippen molar-refractivity contribution in [2.24, 2.45) is 0 Å². The first-order valence-corrected chi connectivity index (χ1v) is 6.88. The maximum absolute atomic E-state index is 13.3. The minimum absolute atomic E-state index is 0.118. The molecule has 1 amide bonds. The lowest BCUT2D eigenvalue weighted by molar-refractivity contribution is -0.117. The Morgan fingerprint density at radius 3 is 3.00 bits per heavy atom. The molecule has 0 spiro atoms. The number of carbonyl (C=O) groups is 1. The topological polar surface area (TPSA) is 53.6 Å². The van der Waals surface area contributed by atoms with Crippen LogP contribution in [0.1, 0.15) is 11.6 Å². The van der Waals surface area contributed by atoms with Crippen LogP contribution in [0.5, 0.6) is 0 Å². The average molecular weight is 279 g/mol. The SMILES string of the molecule is O=C1Nc2ccc(F)cc2C1NCCN1CCOCC1. The molecule has 2 aliphatic rings. The number of nitrogens with zero attached hydrogens (tertiary/aromatic N) is 1. The van der Waals surface area contributed by atoms with Crippen molar-refractivity contribution in [1.29, 1.82) is 0 Å². The minimum Gasteiger partial charge on any atom is -0.379 e. The summed E-state index contributed by atoms with van der Waals surface area (Å²) < 4.78 is 18.6. The number of morpholine rings is 1. The fourth-order valence-corrected chi connectivity index (χ4v) is 2.63. The molecule has 0 aliphatic carbocycles. The van der Waals surface area contributed by atoms with Crippen molar-refractivity contribution in [2.45, 2.75) is 6.04 Å². The summed E-state index contributed by atoms with van der Waals surface area (Å²) in [6.07, 6.45) is 0. The number of halogens is 1. The number of hydrogen-bond acceptors (Lipinski definition) is 4. The number of rotatable bonds is 4. The van der Waals surface area contributed by atoms with E-state index in [0.29, 0.717) is 17.8 Å². The van der Waals surface area contributed by atoms with Crippen LogP contribution >= 0.6 is 0 Å². The molecule has 2 heterocycles. The van der Waals surface area contributed by atoms with Gasteiger partial charge in [0.1, 0.15) is 11.9 Å². The molecule has 1 saturated heterocycles. The first-order chi connectivity index (χ1) is 9.74. The second-order valence-corrected chi connectivity index (χ2v) is 5.06. The molecule has 1 atom stereocenters. The van der Waals surface area contributed by atoms with Gasteiger partial charge in [0.2, 0.25) is 5.91 Å². The van der Waals surface area contributed by atoms with E-state index in [1.165, 1.54) is 12.1 Å². The van der Waals surface area contributed by atoms with E-state index >= 15 is 0 Å². The maximum atomic E-state index is 13.3. The van der Waals surface area contributed by atoms with Crippen LogP contribution in [0, 0.1) is 5.82 Å². The summed E-state index contributed by atoms with van der Waals surface area (Å²) in [6.45, 7) is 4.91. The molecule has 1 aromatic carbocycles. The van der Waals surface area contributed by atoms with E-state index in [0.717, 1.165) is 32.8 Å². The summed E-state index contributed by atoms with van der Waals surface area (Å²) in [5, 5.41) is 5.96. The molecule has 0 bridgehead atoms. The van der Waals surface area contributed by atoms with Crippen molar-refractivity contribution < 1.29 is 13.9 Å². The molecule has 1 unspecified atom stereocenters. The summed E-state index contributed by atoms with van der Waals surface area (Å²) in [4.78, 5) is 14.2. The maximum Gasteiger partial charge on any atom is 0.246 e. The highest BCUT2D eigenvalue weighted by Gasteiger charge is 2.30. The molecule has 20 heavy (non-hydrogen) atoms. The van der Waals surface area contributed by atoms with E-state index in [2.05, 4.69) is 15.5 Å². The number of ether oxygens (including phenoxy) is 1. The summed E-state index contributed by atoms with van der Waals surface area (Å²) in [6, 6.07) is 3.92. The first kappa shape index (κ1) is 13.5. The number of anilines is 1. The van der Waals surface area contributed by atoms with Crippen LogP contribution in [-0.4, -0.2) is 50.2 Å². The molecule has 108 valence electrons. The molecule has 2 N–H and O–H groups in total. The van der Waals surface area contributed by atoms with Gasteiger partial charge >= 0.3 is 0 Å². The Balaban J connectivity index is 1.57. The van der Waals surface area contributed by atoms with Crippen molar-refractivity contribution in [3.63, 3.8) is 0 Å². The normalized spacial score (nSPS) is 22.6. The predicted molar refractivity (Wildman–Crippen MR) is 73.0 cm³/mol. The second kappa shape index (κ2) is 5.87.